The van der Waals surface area contributed by atoms with Gasteiger partial charge in [0.15, 0.2) is 0 Å². The number of aromatic hydroxyl groups is 1. The minimum Gasteiger partial charge on any atom is -0.507 e. The number of ether oxygens (including phenoxy) is 1. The fourth-order valence-corrected chi connectivity index (χ4v) is 2.59. The molecule has 0 bridgehead atoms. The summed E-state index contributed by atoms with van der Waals surface area (Å²) >= 11 is 0. The number of rotatable bonds is 7. The number of benzene rings is 2. The van der Waals surface area contributed by atoms with E-state index in [-0.39, 0.29) is 5.75 Å². The number of fused-ring (bicyclic) bond motifs is 1. The maximum Gasteiger partial charge on any atom is 0.126 e. The van der Waals surface area contributed by atoms with Crippen LogP contribution in [0.2, 0.25) is 0 Å². The van der Waals surface area contributed by atoms with Gasteiger partial charge in [-0.05, 0) is 44.2 Å². The van der Waals surface area contributed by atoms with Gasteiger partial charge in [0.1, 0.15) is 11.5 Å². The normalized spacial score (nSPS) is 10.9. The smallest absolute Gasteiger partial charge is 0.126 e. The lowest BCUT2D eigenvalue weighted by atomic mass is 10.1. The van der Waals surface area contributed by atoms with Gasteiger partial charge in [-0.2, -0.15) is 0 Å². The van der Waals surface area contributed by atoms with Crippen LogP contribution in [-0.4, -0.2) is 23.2 Å². The molecule has 1 heterocycles. The minimum atomic E-state index is 0.285. The summed E-state index contributed by atoms with van der Waals surface area (Å²) in [6.07, 6.45) is 0.910. The number of hydrogen-bond donors (Lipinski definition) is 2. The topological polar surface area (TPSA) is 54.4 Å². The first kappa shape index (κ1) is 16.3. The van der Waals surface area contributed by atoms with E-state index in [1.165, 1.54) is 0 Å². The molecule has 0 radical (unpaired) electrons. The number of hydrogen-bond acceptors (Lipinski definition) is 4. The Hall–Kier alpha value is -2.59. The first-order valence-electron chi connectivity index (χ1n) is 8.20. The number of para-hydroxylation sites is 1. The first-order chi connectivity index (χ1) is 11.7. The molecule has 2 aromatic carbocycles. The van der Waals surface area contributed by atoms with Crippen molar-refractivity contribution in [2.75, 3.05) is 13.2 Å². The molecule has 0 saturated heterocycles. The molecule has 0 spiro atoms. The third-order valence-corrected chi connectivity index (χ3v) is 3.81. The van der Waals surface area contributed by atoms with Crippen LogP contribution in [0.15, 0.2) is 54.6 Å². The van der Waals surface area contributed by atoms with Gasteiger partial charge < -0.3 is 15.2 Å². The second-order valence-corrected chi connectivity index (χ2v) is 5.85. The molecule has 0 atom stereocenters. The Morgan fingerprint density at radius 1 is 1.08 bits per heavy atom. The van der Waals surface area contributed by atoms with E-state index < -0.39 is 0 Å². The van der Waals surface area contributed by atoms with Gasteiger partial charge in [0.25, 0.3) is 0 Å². The maximum absolute atomic E-state index is 10.2. The van der Waals surface area contributed by atoms with Gasteiger partial charge in [0.05, 0.1) is 17.8 Å². The Morgan fingerprint density at radius 3 is 2.75 bits per heavy atom. The second kappa shape index (κ2) is 7.79. The summed E-state index contributed by atoms with van der Waals surface area (Å²) in [5.74, 6) is 1.18. The molecule has 24 heavy (non-hydrogen) atoms. The van der Waals surface area contributed by atoms with Crippen molar-refractivity contribution in [1.82, 2.24) is 10.3 Å². The van der Waals surface area contributed by atoms with E-state index in [0.717, 1.165) is 40.9 Å². The van der Waals surface area contributed by atoms with Crippen LogP contribution in [0.5, 0.6) is 11.5 Å². The number of aromatic nitrogens is 1. The molecule has 0 unspecified atom stereocenters. The molecule has 0 aliphatic rings. The zero-order chi connectivity index (χ0) is 16.8. The van der Waals surface area contributed by atoms with Crippen molar-refractivity contribution in [3.05, 3.63) is 65.9 Å². The molecule has 4 nitrogen and oxygen atoms in total. The average Bonchev–Trinajstić information content (AvgIpc) is 2.59. The van der Waals surface area contributed by atoms with Gasteiger partial charge in [-0.25, -0.2) is 0 Å². The van der Waals surface area contributed by atoms with Gasteiger partial charge in [-0.3, -0.25) is 4.98 Å². The summed E-state index contributed by atoms with van der Waals surface area (Å²) in [5, 5.41) is 14.3. The Kier molecular flexibility index (Phi) is 5.29. The van der Waals surface area contributed by atoms with Crippen molar-refractivity contribution in [2.45, 2.75) is 19.9 Å². The third kappa shape index (κ3) is 4.24. The molecule has 0 aliphatic heterocycles. The SMILES string of the molecule is Cc1ccc2nc(CNCCCOc3ccccc3)cc(O)c2c1. The number of aryl methyl sites for hydroxylation is 1. The summed E-state index contributed by atoms with van der Waals surface area (Å²) in [6, 6.07) is 17.5. The van der Waals surface area contributed by atoms with Crippen molar-refractivity contribution in [3.8, 4) is 11.5 Å². The molecule has 3 aromatic rings. The Labute approximate surface area is 142 Å². The van der Waals surface area contributed by atoms with E-state index in [1.54, 1.807) is 6.07 Å². The van der Waals surface area contributed by atoms with E-state index in [1.807, 2.05) is 55.5 Å². The van der Waals surface area contributed by atoms with Gasteiger partial charge in [0, 0.05) is 18.0 Å². The molecule has 0 amide bonds. The van der Waals surface area contributed by atoms with Crippen molar-refractivity contribution < 1.29 is 9.84 Å². The fourth-order valence-electron chi connectivity index (χ4n) is 2.59. The lowest BCUT2D eigenvalue weighted by Gasteiger charge is -2.09. The van der Waals surface area contributed by atoms with E-state index in [0.29, 0.717) is 13.2 Å². The summed E-state index contributed by atoms with van der Waals surface area (Å²) in [6.45, 7) is 4.14. The summed E-state index contributed by atoms with van der Waals surface area (Å²) in [4.78, 5) is 4.59. The van der Waals surface area contributed by atoms with Gasteiger partial charge in [-0.15, -0.1) is 0 Å². The van der Waals surface area contributed by atoms with Crippen LogP contribution in [0.4, 0.5) is 0 Å². The van der Waals surface area contributed by atoms with Crippen molar-refractivity contribution in [3.63, 3.8) is 0 Å². The lowest BCUT2D eigenvalue weighted by molar-refractivity contribution is 0.308. The molecule has 1 aromatic heterocycles. The van der Waals surface area contributed by atoms with Crippen LogP contribution < -0.4 is 10.1 Å². The van der Waals surface area contributed by atoms with E-state index in [9.17, 15) is 5.11 Å². The lowest BCUT2D eigenvalue weighted by Crippen LogP contribution is -2.17. The number of pyridine rings is 1. The monoisotopic (exact) mass is 322 g/mol. The van der Waals surface area contributed by atoms with Crippen LogP contribution in [0.25, 0.3) is 10.9 Å². The third-order valence-electron chi connectivity index (χ3n) is 3.81. The van der Waals surface area contributed by atoms with Crippen molar-refractivity contribution in [2.24, 2.45) is 0 Å². The molecule has 0 saturated carbocycles. The highest BCUT2D eigenvalue weighted by Gasteiger charge is 2.05. The van der Waals surface area contributed by atoms with Crippen LogP contribution in [0, 0.1) is 6.92 Å². The second-order valence-electron chi connectivity index (χ2n) is 5.85. The quantitative estimate of drug-likeness (QED) is 0.650. The Bertz CT molecular complexity index is 803. The molecular weight excluding hydrogens is 300 g/mol. The van der Waals surface area contributed by atoms with Crippen LogP contribution in [-0.2, 0) is 6.54 Å². The van der Waals surface area contributed by atoms with Gasteiger partial charge in [-0.1, -0.05) is 29.8 Å². The summed E-state index contributed by atoms with van der Waals surface area (Å²) < 4.78 is 5.65. The summed E-state index contributed by atoms with van der Waals surface area (Å²) in [5.41, 5.74) is 2.78. The largest absolute Gasteiger partial charge is 0.507 e. The van der Waals surface area contributed by atoms with Crippen molar-refractivity contribution >= 4 is 10.9 Å². The van der Waals surface area contributed by atoms with Crippen molar-refractivity contribution in [1.29, 1.82) is 0 Å². The molecule has 0 aliphatic carbocycles. The standard InChI is InChI=1S/C20H22N2O2/c1-15-8-9-19-18(12-15)20(23)13-16(22-19)14-21-10-5-11-24-17-6-3-2-4-7-17/h2-4,6-9,12-13,21H,5,10-11,14H2,1H3,(H,22,23). The van der Waals surface area contributed by atoms with Crippen LogP contribution in [0.1, 0.15) is 17.7 Å². The predicted octanol–water partition coefficient (Wildman–Crippen LogP) is 3.81. The highest BCUT2D eigenvalue weighted by molar-refractivity contribution is 5.85. The molecular formula is C20H22N2O2. The maximum atomic E-state index is 10.2. The molecule has 2 N–H and O–H groups in total. The number of nitrogens with one attached hydrogen (secondary N) is 1. The zero-order valence-electron chi connectivity index (χ0n) is 13.8. The average molecular weight is 322 g/mol. The molecule has 124 valence electrons. The van der Waals surface area contributed by atoms with Gasteiger partial charge >= 0.3 is 0 Å². The van der Waals surface area contributed by atoms with E-state index in [2.05, 4.69) is 10.3 Å². The van der Waals surface area contributed by atoms with Crippen LogP contribution >= 0.6 is 0 Å². The first-order valence-corrected chi connectivity index (χ1v) is 8.20. The predicted molar refractivity (Wildman–Crippen MR) is 96.4 cm³/mol. The minimum absolute atomic E-state index is 0.285. The molecule has 4 heteroatoms. The summed E-state index contributed by atoms with van der Waals surface area (Å²) in [7, 11) is 0. The Balaban J connectivity index is 1.47. The fraction of sp³-hybridized carbons (Fsp3) is 0.250. The highest BCUT2D eigenvalue weighted by atomic mass is 16.5. The highest BCUT2D eigenvalue weighted by Crippen LogP contribution is 2.25. The number of nitrogens with zero attached hydrogens (tertiary/aromatic N) is 1. The van der Waals surface area contributed by atoms with Crippen LogP contribution in [0.3, 0.4) is 0 Å². The molecule has 0 fully saturated rings. The van der Waals surface area contributed by atoms with E-state index in [4.69, 9.17) is 4.74 Å². The Morgan fingerprint density at radius 2 is 1.92 bits per heavy atom. The molecule has 3 rings (SSSR count). The van der Waals surface area contributed by atoms with E-state index >= 15 is 0 Å². The zero-order valence-corrected chi connectivity index (χ0v) is 13.8. The van der Waals surface area contributed by atoms with Gasteiger partial charge in [0.2, 0.25) is 0 Å².